The van der Waals surface area contributed by atoms with E-state index in [4.69, 9.17) is 4.74 Å². The van der Waals surface area contributed by atoms with Crippen molar-refractivity contribution in [2.75, 3.05) is 33.3 Å². The van der Waals surface area contributed by atoms with Gasteiger partial charge in [0.1, 0.15) is 0 Å². The number of aliphatic imine (C=N–C) groups is 1. The van der Waals surface area contributed by atoms with E-state index in [1.54, 1.807) is 0 Å². The first-order chi connectivity index (χ1) is 10.3. The van der Waals surface area contributed by atoms with Crippen molar-refractivity contribution in [3.63, 3.8) is 0 Å². The zero-order valence-corrected chi connectivity index (χ0v) is 13.2. The number of aryl methyl sites for hydroxylation is 1. The molecule has 1 aliphatic heterocycles. The molecule has 0 radical (unpaired) electrons. The van der Waals surface area contributed by atoms with Crippen LogP contribution >= 0.6 is 0 Å². The molecule has 0 atom stereocenters. The number of imidazole rings is 1. The fourth-order valence-corrected chi connectivity index (χ4v) is 2.68. The fraction of sp³-hybridized carbons (Fsp3) is 0.733. The first-order valence-corrected chi connectivity index (χ1v) is 7.86. The van der Waals surface area contributed by atoms with Crippen molar-refractivity contribution >= 4 is 5.96 Å². The van der Waals surface area contributed by atoms with Crippen LogP contribution in [0.4, 0.5) is 0 Å². The first kappa shape index (κ1) is 15.8. The van der Waals surface area contributed by atoms with Crippen molar-refractivity contribution in [1.29, 1.82) is 0 Å². The molecular formula is C15H27N5O. The van der Waals surface area contributed by atoms with Crippen LogP contribution in [-0.2, 0) is 11.3 Å². The van der Waals surface area contributed by atoms with Gasteiger partial charge in [-0.25, -0.2) is 4.98 Å². The van der Waals surface area contributed by atoms with Gasteiger partial charge >= 0.3 is 0 Å². The molecule has 6 nitrogen and oxygen atoms in total. The third-order valence-corrected chi connectivity index (χ3v) is 3.79. The monoisotopic (exact) mass is 293 g/mol. The summed E-state index contributed by atoms with van der Waals surface area (Å²) < 4.78 is 7.78. The summed E-state index contributed by atoms with van der Waals surface area (Å²) in [7, 11) is 1.85. The molecular weight excluding hydrogens is 266 g/mol. The Morgan fingerprint density at radius 2 is 2.24 bits per heavy atom. The van der Waals surface area contributed by atoms with Gasteiger partial charge in [-0.15, -0.1) is 0 Å². The van der Waals surface area contributed by atoms with Gasteiger partial charge in [0, 0.05) is 52.2 Å². The van der Waals surface area contributed by atoms with Crippen molar-refractivity contribution in [1.82, 2.24) is 19.8 Å². The van der Waals surface area contributed by atoms with E-state index in [2.05, 4.69) is 31.7 Å². The Balaban J connectivity index is 1.66. The number of ether oxygens (including phenoxy) is 1. The van der Waals surface area contributed by atoms with Crippen LogP contribution in [0, 0.1) is 0 Å². The highest BCUT2D eigenvalue weighted by molar-refractivity contribution is 5.79. The Hall–Kier alpha value is -1.56. The van der Waals surface area contributed by atoms with E-state index in [1.165, 1.54) is 0 Å². The number of nitrogens with one attached hydrogen (secondary N) is 1. The number of hydrogen-bond acceptors (Lipinski definition) is 3. The number of nitrogens with zero attached hydrogens (tertiary/aromatic N) is 4. The van der Waals surface area contributed by atoms with Gasteiger partial charge in [-0.2, -0.15) is 0 Å². The molecule has 1 aliphatic rings. The summed E-state index contributed by atoms with van der Waals surface area (Å²) in [6.45, 7) is 6.82. The summed E-state index contributed by atoms with van der Waals surface area (Å²) in [6, 6.07) is 0. The molecule has 0 aromatic carbocycles. The molecule has 1 N–H and O–H groups in total. The minimum Gasteiger partial charge on any atom is -0.378 e. The Morgan fingerprint density at radius 1 is 1.43 bits per heavy atom. The maximum atomic E-state index is 5.69. The number of piperidine rings is 1. The molecule has 2 rings (SSSR count). The van der Waals surface area contributed by atoms with Crippen LogP contribution in [0.25, 0.3) is 0 Å². The zero-order valence-electron chi connectivity index (χ0n) is 13.2. The second kappa shape index (κ2) is 8.67. The average Bonchev–Trinajstić information content (AvgIpc) is 3.02. The van der Waals surface area contributed by atoms with Crippen molar-refractivity contribution in [3.05, 3.63) is 18.7 Å². The van der Waals surface area contributed by atoms with Gasteiger partial charge in [0.2, 0.25) is 0 Å². The number of likely N-dealkylation sites (tertiary alicyclic amines) is 1. The molecule has 1 saturated heterocycles. The Bertz CT molecular complexity index is 410. The second-order valence-electron chi connectivity index (χ2n) is 5.27. The van der Waals surface area contributed by atoms with Crippen molar-refractivity contribution < 1.29 is 4.74 Å². The van der Waals surface area contributed by atoms with Crippen LogP contribution in [0.15, 0.2) is 23.7 Å². The molecule has 0 spiro atoms. The van der Waals surface area contributed by atoms with E-state index in [0.29, 0.717) is 6.10 Å². The second-order valence-corrected chi connectivity index (χ2v) is 5.27. The van der Waals surface area contributed by atoms with Crippen LogP contribution in [0.3, 0.4) is 0 Å². The number of hydrogen-bond donors (Lipinski definition) is 1. The van der Waals surface area contributed by atoms with Crippen LogP contribution in [0.5, 0.6) is 0 Å². The SMILES string of the molecule is CCOC1CCN(C(=NC)NCCCn2ccnc2)CC1. The molecule has 1 fully saturated rings. The molecule has 118 valence electrons. The predicted molar refractivity (Wildman–Crippen MR) is 84.4 cm³/mol. The third-order valence-electron chi connectivity index (χ3n) is 3.79. The summed E-state index contributed by atoms with van der Waals surface area (Å²) >= 11 is 0. The molecule has 21 heavy (non-hydrogen) atoms. The van der Waals surface area contributed by atoms with E-state index in [-0.39, 0.29) is 0 Å². The van der Waals surface area contributed by atoms with Gasteiger partial charge in [0.15, 0.2) is 5.96 Å². The molecule has 1 aromatic rings. The predicted octanol–water partition coefficient (Wildman–Crippen LogP) is 1.35. The van der Waals surface area contributed by atoms with Gasteiger partial charge in [-0.3, -0.25) is 4.99 Å². The van der Waals surface area contributed by atoms with Gasteiger partial charge in [-0.1, -0.05) is 0 Å². The van der Waals surface area contributed by atoms with Crippen LogP contribution < -0.4 is 5.32 Å². The largest absolute Gasteiger partial charge is 0.378 e. The highest BCUT2D eigenvalue weighted by atomic mass is 16.5. The third kappa shape index (κ3) is 5.04. The van der Waals surface area contributed by atoms with Gasteiger partial charge in [-0.05, 0) is 26.2 Å². The summed E-state index contributed by atoms with van der Waals surface area (Å²) in [6.07, 6.45) is 9.32. The van der Waals surface area contributed by atoms with E-state index in [9.17, 15) is 0 Å². The Morgan fingerprint density at radius 3 is 2.86 bits per heavy atom. The number of rotatable bonds is 6. The first-order valence-electron chi connectivity index (χ1n) is 7.86. The van der Waals surface area contributed by atoms with Crippen LogP contribution in [0.2, 0.25) is 0 Å². The normalized spacial score (nSPS) is 17.2. The van der Waals surface area contributed by atoms with Gasteiger partial charge < -0.3 is 19.5 Å². The van der Waals surface area contributed by atoms with Crippen LogP contribution in [0.1, 0.15) is 26.2 Å². The van der Waals surface area contributed by atoms with Crippen LogP contribution in [-0.4, -0.2) is 59.8 Å². The van der Waals surface area contributed by atoms with Crippen molar-refractivity contribution in [2.24, 2.45) is 4.99 Å². The van der Waals surface area contributed by atoms with Crippen molar-refractivity contribution in [2.45, 2.75) is 38.8 Å². The lowest BCUT2D eigenvalue weighted by atomic mass is 10.1. The molecule has 0 bridgehead atoms. The van der Waals surface area contributed by atoms with E-state index in [0.717, 1.165) is 58.0 Å². The highest BCUT2D eigenvalue weighted by Gasteiger charge is 2.21. The summed E-state index contributed by atoms with van der Waals surface area (Å²) in [5, 5.41) is 3.45. The quantitative estimate of drug-likeness (QED) is 0.489. The molecule has 0 saturated carbocycles. The summed E-state index contributed by atoms with van der Waals surface area (Å²) in [5.74, 6) is 1.01. The van der Waals surface area contributed by atoms with E-state index in [1.807, 2.05) is 25.8 Å². The Kier molecular flexibility index (Phi) is 6.53. The minimum atomic E-state index is 0.422. The number of guanidine groups is 1. The number of aromatic nitrogens is 2. The minimum absolute atomic E-state index is 0.422. The van der Waals surface area contributed by atoms with E-state index >= 15 is 0 Å². The lowest BCUT2D eigenvalue weighted by Gasteiger charge is -2.34. The topological polar surface area (TPSA) is 54.7 Å². The Labute approximate surface area is 127 Å². The molecule has 0 aliphatic carbocycles. The summed E-state index contributed by atoms with van der Waals surface area (Å²) in [4.78, 5) is 10.8. The fourth-order valence-electron chi connectivity index (χ4n) is 2.68. The molecule has 2 heterocycles. The van der Waals surface area contributed by atoms with Gasteiger partial charge in [0.05, 0.1) is 12.4 Å². The molecule has 0 amide bonds. The lowest BCUT2D eigenvalue weighted by molar-refractivity contribution is 0.0264. The zero-order chi connectivity index (χ0) is 14.9. The van der Waals surface area contributed by atoms with E-state index < -0.39 is 0 Å². The highest BCUT2D eigenvalue weighted by Crippen LogP contribution is 2.13. The average molecular weight is 293 g/mol. The molecule has 6 heteroatoms. The molecule has 0 unspecified atom stereocenters. The lowest BCUT2D eigenvalue weighted by Crippen LogP contribution is -2.47. The maximum absolute atomic E-state index is 5.69. The summed E-state index contributed by atoms with van der Waals surface area (Å²) in [5.41, 5.74) is 0. The van der Waals surface area contributed by atoms with Crippen molar-refractivity contribution in [3.8, 4) is 0 Å². The standard InChI is InChI=1S/C15H27N5O/c1-3-21-14-5-10-20(11-6-14)15(16-2)18-7-4-9-19-12-8-17-13-19/h8,12-14H,3-7,9-11H2,1-2H3,(H,16,18). The maximum Gasteiger partial charge on any atom is 0.193 e. The van der Waals surface area contributed by atoms with Gasteiger partial charge in [0.25, 0.3) is 0 Å². The molecule has 1 aromatic heterocycles. The smallest absolute Gasteiger partial charge is 0.193 e.